The quantitative estimate of drug-likeness (QED) is 0.740. The first kappa shape index (κ1) is 18.7. The lowest BCUT2D eigenvalue weighted by Crippen LogP contribution is -2.38. The van der Waals surface area contributed by atoms with E-state index in [1.165, 1.54) is 39.0 Å². The van der Waals surface area contributed by atoms with E-state index in [1.54, 1.807) is 12.1 Å². The van der Waals surface area contributed by atoms with Gasteiger partial charge in [-0.25, -0.2) is 4.39 Å². The summed E-state index contributed by atoms with van der Waals surface area (Å²) in [5.41, 5.74) is 0.654. The summed E-state index contributed by atoms with van der Waals surface area (Å²) in [5, 5.41) is 3.49. The van der Waals surface area contributed by atoms with Gasteiger partial charge in [0.15, 0.2) is 0 Å². The number of amides is 1. The van der Waals surface area contributed by atoms with Crippen molar-refractivity contribution in [3.8, 4) is 5.75 Å². The van der Waals surface area contributed by atoms with E-state index >= 15 is 0 Å². The lowest BCUT2D eigenvalue weighted by atomic mass is 10.0. The summed E-state index contributed by atoms with van der Waals surface area (Å²) < 4.78 is 19.1. The Morgan fingerprint density at radius 3 is 3.00 bits per heavy atom. The van der Waals surface area contributed by atoms with Gasteiger partial charge in [-0.3, -0.25) is 4.79 Å². The number of methoxy groups -OCH3 is 1. The Morgan fingerprint density at radius 2 is 2.23 bits per heavy atom. The van der Waals surface area contributed by atoms with E-state index in [1.807, 2.05) is 0 Å². The van der Waals surface area contributed by atoms with E-state index < -0.39 is 5.82 Å². The summed E-state index contributed by atoms with van der Waals surface area (Å²) in [7, 11) is 1.53. The molecule has 142 valence electrons. The topological polar surface area (TPSA) is 57.4 Å². The monoisotopic (exact) mass is 361 g/mol. The van der Waals surface area contributed by atoms with Crippen LogP contribution >= 0.6 is 0 Å². The zero-order valence-corrected chi connectivity index (χ0v) is 15.6. The molecule has 1 fully saturated rings. The predicted octanol–water partition coefficient (Wildman–Crippen LogP) is 3.70. The number of hydrogen-bond acceptors (Lipinski definition) is 3. The van der Waals surface area contributed by atoms with Crippen LogP contribution in [0.2, 0.25) is 0 Å². The van der Waals surface area contributed by atoms with Crippen LogP contribution in [0, 0.1) is 5.82 Å². The summed E-state index contributed by atoms with van der Waals surface area (Å²) in [4.78, 5) is 17.7. The first-order valence-electron chi connectivity index (χ1n) is 9.47. The molecule has 5 nitrogen and oxygen atoms in total. The minimum atomic E-state index is -0.393. The second kappa shape index (κ2) is 8.54. The Hall–Kier alpha value is -2.08. The number of rotatable bonds is 7. The highest BCUT2D eigenvalue weighted by molar-refractivity contribution is 5.99. The molecule has 1 aliphatic rings. The molecule has 1 aliphatic heterocycles. The predicted molar refractivity (Wildman–Crippen MR) is 101 cm³/mol. The van der Waals surface area contributed by atoms with Crippen LogP contribution in [0.3, 0.4) is 0 Å². The average molecular weight is 361 g/mol. The van der Waals surface area contributed by atoms with Crippen molar-refractivity contribution in [2.75, 3.05) is 26.7 Å². The molecular formula is C20H28FN3O2. The molecule has 1 unspecified atom stereocenters. The van der Waals surface area contributed by atoms with Gasteiger partial charge in [-0.2, -0.15) is 0 Å². The maximum atomic E-state index is 13.9. The molecule has 3 rings (SSSR count). The van der Waals surface area contributed by atoms with E-state index in [4.69, 9.17) is 4.74 Å². The van der Waals surface area contributed by atoms with Gasteiger partial charge in [-0.15, -0.1) is 0 Å². The number of aromatic nitrogens is 1. The number of carbonyl (C=O) groups is 1. The minimum absolute atomic E-state index is 0.214. The summed E-state index contributed by atoms with van der Waals surface area (Å²) in [5.74, 6) is -0.0585. The van der Waals surface area contributed by atoms with E-state index in [0.29, 0.717) is 34.9 Å². The van der Waals surface area contributed by atoms with Gasteiger partial charge < -0.3 is 19.9 Å². The van der Waals surface area contributed by atoms with Crippen LogP contribution in [0.25, 0.3) is 10.9 Å². The number of unbranched alkanes of at least 4 members (excludes halogenated alkanes) is 1. The highest BCUT2D eigenvalue weighted by atomic mass is 19.1. The third-order valence-corrected chi connectivity index (χ3v) is 5.27. The first-order valence-corrected chi connectivity index (χ1v) is 9.47. The highest BCUT2D eigenvalue weighted by Crippen LogP contribution is 2.28. The Balaban J connectivity index is 1.49. The molecule has 6 heteroatoms. The van der Waals surface area contributed by atoms with Crippen molar-refractivity contribution in [1.29, 1.82) is 0 Å². The van der Waals surface area contributed by atoms with Crippen molar-refractivity contribution >= 4 is 16.8 Å². The van der Waals surface area contributed by atoms with Gasteiger partial charge in [0, 0.05) is 18.0 Å². The standard InChI is InChI=1S/C20H28FN3O2/c1-14-7-3-5-11-24(14)12-6-4-10-22-20(25)17-13-15-18(26-2)9-8-16(21)19(15)23-17/h8-9,13-14,23H,3-7,10-12H2,1-2H3,(H,22,25). The number of fused-ring (bicyclic) bond motifs is 1. The number of nitrogens with zero attached hydrogens (tertiary/aromatic N) is 1. The van der Waals surface area contributed by atoms with Gasteiger partial charge in [0.05, 0.1) is 12.6 Å². The average Bonchev–Trinajstić information content (AvgIpc) is 3.09. The van der Waals surface area contributed by atoms with Crippen LogP contribution in [0.15, 0.2) is 18.2 Å². The summed E-state index contributed by atoms with van der Waals surface area (Å²) in [6.45, 7) is 5.20. The molecule has 1 saturated heterocycles. The molecule has 2 N–H and O–H groups in total. The van der Waals surface area contributed by atoms with Crippen LogP contribution in [0.5, 0.6) is 5.75 Å². The molecule has 2 heterocycles. The fraction of sp³-hybridized carbons (Fsp3) is 0.550. The summed E-state index contributed by atoms with van der Waals surface area (Å²) in [6, 6.07) is 5.21. The summed E-state index contributed by atoms with van der Waals surface area (Å²) in [6.07, 6.45) is 5.93. The third kappa shape index (κ3) is 4.18. The van der Waals surface area contributed by atoms with Crippen molar-refractivity contribution in [2.24, 2.45) is 0 Å². The number of nitrogens with one attached hydrogen (secondary N) is 2. The van der Waals surface area contributed by atoms with Crippen LogP contribution in [-0.2, 0) is 0 Å². The minimum Gasteiger partial charge on any atom is -0.496 e. The smallest absolute Gasteiger partial charge is 0.267 e. The van der Waals surface area contributed by atoms with Gasteiger partial charge >= 0.3 is 0 Å². The van der Waals surface area contributed by atoms with Crippen LogP contribution in [0.1, 0.15) is 49.5 Å². The number of ether oxygens (including phenoxy) is 1. The molecule has 0 saturated carbocycles. The molecule has 1 aromatic carbocycles. The number of benzene rings is 1. The van der Waals surface area contributed by atoms with Gasteiger partial charge in [0.2, 0.25) is 0 Å². The number of likely N-dealkylation sites (tertiary alicyclic amines) is 1. The SMILES string of the molecule is COc1ccc(F)c2[nH]c(C(=O)NCCCCN3CCCCC3C)cc12. The number of aromatic amines is 1. The Kier molecular flexibility index (Phi) is 6.14. The van der Waals surface area contributed by atoms with Gasteiger partial charge in [0.1, 0.15) is 17.3 Å². The number of hydrogen-bond donors (Lipinski definition) is 2. The molecule has 1 atom stereocenters. The lowest BCUT2D eigenvalue weighted by molar-refractivity contribution is 0.0947. The second-order valence-corrected chi connectivity index (χ2v) is 7.07. The molecule has 0 aliphatic carbocycles. The Bertz CT molecular complexity index is 759. The fourth-order valence-corrected chi connectivity index (χ4v) is 3.69. The van der Waals surface area contributed by atoms with E-state index in [9.17, 15) is 9.18 Å². The Morgan fingerprint density at radius 1 is 1.38 bits per heavy atom. The largest absolute Gasteiger partial charge is 0.496 e. The van der Waals surface area contributed by atoms with E-state index in [0.717, 1.165) is 19.4 Å². The highest BCUT2D eigenvalue weighted by Gasteiger charge is 2.17. The number of piperidine rings is 1. The Labute approximate surface area is 153 Å². The van der Waals surface area contributed by atoms with Crippen LogP contribution in [0.4, 0.5) is 4.39 Å². The van der Waals surface area contributed by atoms with Crippen LogP contribution < -0.4 is 10.1 Å². The van der Waals surface area contributed by atoms with Crippen molar-refractivity contribution in [2.45, 2.75) is 45.1 Å². The zero-order valence-electron chi connectivity index (χ0n) is 15.6. The number of H-pyrrole nitrogens is 1. The maximum absolute atomic E-state index is 13.9. The van der Waals surface area contributed by atoms with Gasteiger partial charge in [-0.1, -0.05) is 6.42 Å². The van der Waals surface area contributed by atoms with Crippen molar-refractivity contribution in [3.63, 3.8) is 0 Å². The molecule has 1 amide bonds. The number of carbonyl (C=O) groups excluding carboxylic acids is 1. The maximum Gasteiger partial charge on any atom is 0.267 e. The normalized spacial score (nSPS) is 18.2. The van der Waals surface area contributed by atoms with E-state index in [-0.39, 0.29) is 5.91 Å². The third-order valence-electron chi connectivity index (χ3n) is 5.27. The van der Waals surface area contributed by atoms with Gasteiger partial charge in [-0.05, 0) is 63.9 Å². The van der Waals surface area contributed by atoms with Gasteiger partial charge in [0.25, 0.3) is 5.91 Å². The molecule has 0 radical (unpaired) electrons. The molecule has 2 aromatic rings. The molecule has 1 aromatic heterocycles. The van der Waals surface area contributed by atoms with Crippen LogP contribution in [-0.4, -0.2) is 48.6 Å². The lowest BCUT2D eigenvalue weighted by Gasteiger charge is -2.33. The fourth-order valence-electron chi connectivity index (χ4n) is 3.69. The molecular weight excluding hydrogens is 333 g/mol. The van der Waals surface area contributed by atoms with Crippen molar-refractivity contribution in [1.82, 2.24) is 15.2 Å². The molecule has 26 heavy (non-hydrogen) atoms. The van der Waals surface area contributed by atoms with Crippen molar-refractivity contribution < 1.29 is 13.9 Å². The van der Waals surface area contributed by atoms with E-state index in [2.05, 4.69) is 22.1 Å². The summed E-state index contributed by atoms with van der Waals surface area (Å²) >= 11 is 0. The number of halogens is 1. The first-order chi connectivity index (χ1) is 12.6. The molecule has 0 bridgehead atoms. The van der Waals surface area contributed by atoms with Crippen molar-refractivity contribution in [3.05, 3.63) is 29.7 Å². The molecule has 0 spiro atoms. The zero-order chi connectivity index (χ0) is 18.5. The second-order valence-electron chi connectivity index (χ2n) is 7.07.